The maximum absolute atomic E-state index is 12.8. The highest BCUT2D eigenvalue weighted by atomic mass is 16.6. The summed E-state index contributed by atoms with van der Waals surface area (Å²) in [6, 6.07) is 1.80. The number of carbonyl (C=O) groups is 2. The molecular formula is C20H27N5O3. The SMILES string of the molecule is CCC(CC)CN1CC2(CCN(C(=O)c3cn4cccnc4n3)CC2)OC1=O. The molecule has 2 fully saturated rings. The fourth-order valence-electron chi connectivity index (χ4n) is 4.16. The first-order chi connectivity index (χ1) is 13.5. The van der Waals surface area contributed by atoms with Crippen LogP contribution in [-0.4, -0.2) is 67.9 Å². The maximum Gasteiger partial charge on any atom is 0.410 e. The number of rotatable bonds is 5. The van der Waals surface area contributed by atoms with Crippen molar-refractivity contribution in [3.8, 4) is 0 Å². The Morgan fingerprint density at radius 2 is 2.04 bits per heavy atom. The molecular weight excluding hydrogens is 358 g/mol. The molecule has 0 aromatic carbocycles. The van der Waals surface area contributed by atoms with Crippen LogP contribution < -0.4 is 0 Å². The van der Waals surface area contributed by atoms with Crippen LogP contribution in [-0.2, 0) is 4.74 Å². The molecule has 8 nitrogen and oxygen atoms in total. The molecule has 0 bridgehead atoms. The Labute approximate surface area is 164 Å². The third-order valence-corrected chi connectivity index (χ3v) is 6.09. The van der Waals surface area contributed by atoms with Crippen molar-refractivity contribution in [3.05, 3.63) is 30.4 Å². The van der Waals surface area contributed by atoms with E-state index in [0.29, 0.717) is 49.9 Å². The van der Waals surface area contributed by atoms with E-state index in [2.05, 4.69) is 23.8 Å². The lowest BCUT2D eigenvalue weighted by molar-refractivity contribution is 0.00296. The van der Waals surface area contributed by atoms with E-state index in [1.165, 1.54) is 0 Å². The summed E-state index contributed by atoms with van der Waals surface area (Å²) in [5.74, 6) is 0.924. The number of hydrogen-bond donors (Lipinski definition) is 0. The smallest absolute Gasteiger partial charge is 0.410 e. The average molecular weight is 385 g/mol. The highest BCUT2D eigenvalue weighted by molar-refractivity contribution is 5.92. The molecule has 0 saturated carbocycles. The van der Waals surface area contributed by atoms with Gasteiger partial charge in [-0.05, 0) is 12.0 Å². The van der Waals surface area contributed by atoms with Crippen molar-refractivity contribution in [2.24, 2.45) is 5.92 Å². The Morgan fingerprint density at radius 1 is 1.29 bits per heavy atom. The topological polar surface area (TPSA) is 80.0 Å². The number of fused-ring (bicyclic) bond motifs is 1. The number of piperidine rings is 1. The summed E-state index contributed by atoms with van der Waals surface area (Å²) in [5, 5.41) is 0. The van der Waals surface area contributed by atoms with E-state index in [1.54, 1.807) is 27.8 Å². The third kappa shape index (κ3) is 3.43. The molecule has 8 heteroatoms. The minimum Gasteiger partial charge on any atom is -0.441 e. The van der Waals surface area contributed by atoms with Crippen LogP contribution in [0.5, 0.6) is 0 Å². The van der Waals surface area contributed by atoms with Crippen LogP contribution in [0.3, 0.4) is 0 Å². The van der Waals surface area contributed by atoms with Gasteiger partial charge in [-0.1, -0.05) is 26.7 Å². The number of amides is 2. The standard InChI is InChI=1S/C20H27N5O3/c1-3-15(4-2)12-25-14-20(28-19(25)27)6-10-23(11-7-20)17(26)16-13-24-9-5-8-21-18(24)22-16/h5,8-9,13,15H,3-4,6-7,10-12,14H2,1-2H3. The van der Waals surface area contributed by atoms with Gasteiger partial charge < -0.3 is 14.5 Å². The zero-order valence-electron chi connectivity index (χ0n) is 16.5. The molecule has 2 aromatic rings. The van der Waals surface area contributed by atoms with E-state index in [-0.39, 0.29) is 12.0 Å². The molecule has 1 spiro atoms. The Kier molecular flexibility index (Phi) is 4.95. The van der Waals surface area contributed by atoms with E-state index in [9.17, 15) is 9.59 Å². The van der Waals surface area contributed by atoms with Gasteiger partial charge in [0.1, 0.15) is 11.3 Å². The zero-order valence-corrected chi connectivity index (χ0v) is 16.5. The second-order valence-corrected chi connectivity index (χ2v) is 7.86. The van der Waals surface area contributed by atoms with E-state index in [1.807, 2.05) is 11.1 Å². The van der Waals surface area contributed by atoms with Gasteiger partial charge >= 0.3 is 6.09 Å². The molecule has 4 heterocycles. The number of hydrogen-bond acceptors (Lipinski definition) is 5. The lowest BCUT2D eigenvalue weighted by atomic mass is 9.91. The molecule has 0 atom stereocenters. The van der Waals surface area contributed by atoms with Crippen molar-refractivity contribution in [2.75, 3.05) is 26.2 Å². The van der Waals surface area contributed by atoms with Crippen molar-refractivity contribution in [1.82, 2.24) is 24.2 Å². The van der Waals surface area contributed by atoms with Crippen LogP contribution in [0, 0.1) is 5.92 Å². The summed E-state index contributed by atoms with van der Waals surface area (Å²) in [5.41, 5.74) is -0.0613. The number of likely N-dealkylation sites (tertiary alicyclic amines) is 1. The van der Waals surface area contributed by atoms with Crippen molar-refractivity contribution < 1.29 is 14.3 Å². The third-order valence-electron chi connectivity index (χ3n) is 6.09. The molecule has 2 amide bonds. The lowest BCUT2D eigenvalue weighted by Crippen LogP contribution is -2.49. The summed E-state index contributed by atoms with van der Waals surface area (Å²) in [6.45, 7) is 6.82. The first kappa shape index (κ1) is 18.7. The van der Waals surface area contributed by atoms with Crippen molar-refractivity contribution in [3.63, 3.8) is 0 Å². The molecule has 4 rings (SSSR count). The molecule has 0 unspecified atom stereocenters. The van der Waals surface area contributed by atoms with Crippen LogP contribution in [0.25, 0.3) is 5.78 Å². The normalized spacial score (nSPS) is 19.0. The summed E-state index contributed by atoms with van der Waals surface area (Å²) in [6.07, 6.45) is 8.42. The Balaban J connectivity index is 1.39. The Hall–Kier alpha value is -2.64. The molecule has 150 valence electrons. The monoisotopic (exact) mass is 385 g/mol. The Bertz CT molecular complexity index is 835. The molecule has 28 heavy (non-hydrogen) atoms. The van der Waals surface area contributed by atoms with Crippen molar-refractivity contribution in [2.45, 2.75) is 45.1 Å². The molecule has 2 saturated heterocycles. The van der Waals surface area contributed by atoms with Gasteiger partial charge in [0.15, 0.2) is 0 Å². The molecule has 0 aliphatic carbocycles. The fourth-order valence-corrected chi connectivity index (χ4v) is 4.16. The summed E-state index contributed by atoms with van der Waals surface area (Å²) in [7, 11) is 0. The van der Waals surface area contributed by atoms with Gasteiger partial charge in [0.25, 0.3) is 5.91 Å². The van der Waals surface area contributed by atoms with Gasteiger partial charge in [0, 0.05) is 51.1 Å². The van der Waals surface area contributed by atoms with Crippen LogP contribution in [0.1, 0.15) is 50.0 Å². The highest BCUT2D eigenvalue weighted by Crippen LogP contribution is 2.34. The molecule has 2 aromatic heterocycles. The van der Waals surface area contributed by atoms with Crippen molar-refractivity contribution in [1.29, 1.82) is 0 Å². The van der Waals surface area contributed by atoms with Gasteiger partial charge in [-0.15, -0.1) is 0 Å². The van der Waals surface area contributed by atoms with E-state index < -0.39 is 5.60 Å². The molecule has 0 N–H and O–H groups in total. The van der Waals surface area contributed by atoms with Crippen LogP contribution in [0.15, 0.2) is 24.7 Å². The number of nitrogens with zero attached hydrogens (tertiary/aromatic N) is 5. The quantitative estimate of drug-likeness (QED) is 0.790. The summed E-state index contributed by atoms with van der Waals surface area (Å²) in [4.78, 5) is 37.3. The van der Waals surface area contributed by atoms with Crippen molar-refractivity contribution >= 4 is 17.8 Å². The minimum absolute atomic E-state index is 0.0986. The van der Waals surface area contributed by atoms with Gasteiger partial charge in [-0.3, -0.25) is 9.20 Å². The predicted octanol–water partition coefficient (Wildman–Crippen LogP) is 2.59. The van der Waals surface area contributed by atoms with Gasteiger partial charge in [0.2, 0.25) is 5.78 Å². The van der Waals surface area contributed by atoms with Gasteiger partial charge in [-0.25, -0.2) is 14.8 Å². The Morgan fingerprint density at radius 3 is 2.71 bits per heavy atom. The largest absolute Gasteiger partial charge is 0.441 e. The second kappa shape index (κ2) is 7.41. The van der Waals surface area contributed by atoms with E-state index >= 15 is 0 Å². The number of aromatic nitrogens is 3. The number of imidazole rings is 1. The first-order valence-electron chi connectivity index (χ1n) is 10.1. The highest BCUT2D eigenvalue weighted by Gasteiger charge is 2.47. The first-order valence-corrected chi connectivity index (χ1v) is 10.1. The maximum atomic E-state index is 12.8. The van der Waals surface area contributed by atoms with Gasteiger partial charge in [-0.2, -0.15) is 0 Å². The van der Waals surface area contributed by atoms with E-state index in [0.717, 1.165) is 19.4 Å². The second-order valence-electron chi connectivity index (χ2n) is 7.86. The molecule has 0 radical (unpaired) electrons. The van der Waals surface area contributed by atoms with Crippen LogP contribution >= 0.6 is 0 Å². The molecule has 2 aliphatic heterocycles. The van der Waals surface area contributed by atoms with E-state index in [4.69, 9.17) is 4.74 Å². The number of carbonyl (C=O) groups excluding carboxylic acids is 2. The van der Waals surface area contributed by atoms with Crippen LogP contribution in [0.2, 0.25) is 0 Å². The average Bonchev–Trinajstić information content (AvgIpc) is 3.27. The number of ether oxygens (including phenoxy) is 1. The van der Waals surface area contributed by atoms with Gasteiger partial charge in [0.05, 0.1) is 6.54 Å². The fraction of sp³-hybridized carbons (Fsp3) is 0.600. The predicted molar refractivity (Wildman–Crippen MR) is 103 cm³/mol. The lowest BCUT2D eigenvalue weighted by Gasteiger charge is -2.37. The summed E-state index contributed by atoms with van der Waals surface area (Å²) < 4.78 is 7.54. The summed E-state index contributed by atoms with van der Waals surface area (Å²) >= 11 is 0. The van der Waals surface area contributed by atoms with Crippen LogP contribution in [0.4, 0.5) is 4.79 Å². The molecule has 2 aliphatic rings. The zero-order chi connectivity index (χ0) is 19.7. The minimum atomic E-state index is -0.458.